The fourth-order valence-corrected chi connectivity index (χ4v) is 2.84. The van der Waals surface area contributed by atoms with E-state index >= 15 is 0 Å². The molecule has 1 unspecified atom stereocenters. The lowest BCUT2D eigenvalue weighted by Gasteiger charge is -2.35. The van der Waals surface area contributed by atoms with Gasteiger partial charge in [0.25, 0.3) is 0 Å². The molecular weight excluding hydrogens is 354 g/mol. The summed E-state index contributed by atoms with van der Waals surface area (Å²) < 4.78 is 20.1. The third kappa shape index (κ3) is 5.82. The van der Waals surface area contributed by atoms with E-state index in [-0.39, 0.29) is 10.8 Å². The van der Waals surface area contributed by atoms with Gasteiger partial charge in [0.2, 0.25) is 5.95 Å². The molecule has 1 aromatic rings. The summed E-state index contributed by atoms with van der Waals surface area (Å²) in [5.74, 6) is 0.598. The number of carbonyl (C=O) groups is 1. The van der Waals surface area contributed by atoms with Crippen molar-refractivity contribution in [3.63, 3.8) is 0 Å². The van der Waals surface area contributed by atoms with E-state index in [2.05, 4.69) is 14.7 Å². The van der Waals surface area contributed by atoms with Crippen molar-refractivity contribution in [1.82, 2.24) is 14.9 Å². The minimum atomic E-state index is -1.22. The molecule has 0 spiro atoms. The topological polar surface area (TPSA) is 87.7 Å². The summed E-state index contributed by atoms with van der Waals surface area (Å²) in [6.07, 6.45) is 2.97. The summed E-state index contributed by atoms with van der Waals surface area (Å²) in [7, 11) is -1.22. The molecule has 0 bridgehead atoms. The molecule has 1 aliphatic rings. The Labute approximate surface area is 157 Å². The number of anilines is 2. The molecule has 0 radical (unpaired) electrons. The van der Waals surface area contributed by atoms with Gasteiger partial charge in [-0.1, -0.05) is 0 Å². The molecule has 8 nitrogen and oxygen atoms in total. The predicted molar refractivity (Wildman–Crippen MR) is 104 cm³/mol. The first kappa shape index (κ1) is 20.4. The molecule has 1 aliphatic heterocycles. The van der Waals surface area contributed by atoms with Gasteiger partial charge in [0.15, 0.2) is 0 Å². The largest absolute Gasteiger partial charge is 0.444 e. The van der Waals surface area contributed by atoms with Crippen LogP contribution in [0.4, 0.5) is 16.4 Å². The van der Waals surface area contributed by atoms with Crippen LogP contribution in [0.2, 0.25) is 0 Å². The van der Waals surface area contributed by atoms with Gasteiger partial charge in [-0.25, -0.2) is 19.0 Å². The first-order chi connectivity index (χ1) is 12.0. The standard InChI is InChI=1S/C17H29N5O3S/c1-16(2,3)25-15(23)22-9-7-21(8-10-22)14-18-11-13(12-19-14)20-26(24)17(4,5)6/h11-12,20H,7-10H2,1-6H3. The monoisotopic (exact) mass is 383 g/mol. The van der Waals surface area contributed by atoms with Crippen LogP contribution < -0.4 is 9.62 Å². The Morgan fingerprint density at radius 2 is 1.62 bits per heavy atom. The van der Waals surface area contributed by atoms with Crippen molar-refractivity contribution >= 4 is 28.7 Å². The lowest BCUT2D eigenvalue weighted by atomic mass is 10.2. The van der Waals surface area contributed by atoms with Crippen LogP contribution >= 0.6 is 0 Å². The van der Waals surface area contributed by atoms with Gasteiger partial charge in [0, 0.05) is 26.2 Å². The van der Waals surface area contributed by atoms with Gasteiger partial charge in [0.1, 0.15) is 16.6 Å². The SMILES string of the molecule is CC(C)(C)OC(=O)N1CCN(c2ncc(NS(=O)C(C)(C)C)cn2)CC1. The second kappa shape index (κ2) is 7.77. The Morgan fingerprint density at radius 3 is 2.08 bits per heavy atom. The third-order valence-electron chi connectivity index (χ3n) is 3.62. The van der Waals surface area contributed by atoms with Crippen LogP contribution in [0.5, 0.6) is 0 Å². The molecule has 1 N–H and O–H groups in total. The number of piperazine rings is 1. The summed E-state index contributed by atoms with van der Waals surface area (Å²) in [6.45, 7) is 13.7. The van der Waals surface area contributed by atoms with Crippen molar-refractivity contribution < 1.29 is 13.7 Å². The van der Waals surface area contributed by atoms with E-state index in [0.717, 1.165) is 0 Å². The number of nitrogens with one attached hydrogen (secondary N) is 1. The highest BCUT2D eigenvalue weighted by Gasteiger charge is 2.26. The quantitative estimate of drug-likeness (QED) is 0.862. The van der Waals surface area contributed by atoms with Crippen molar-refractivity contribution in [2.75, 3.05) is 35.8 Å². The zero-order valence-electron chi connectivity index (χ0n) is 16.4. The van der Waals surface area contributed by atoms with Gasteiger partial charge >= 0.3 is 6.09 Å². The molecule has 1 atom stereocenters. The average molecular weight is 384 g/mol. The predicted octanol–water partition coefficient (Wildman–Crippen LogP) is 2.41. The summed E-state index contributed by atoms with van der Waals surface area (Å²) >= 11 is 0. The summed E-state index contributed by atoms with van der Waals surface area (Å²) in [6, 6.07) is 0. The van der Waals surface area contributed by atoms with E-state index in [4.69, 9.17) is 4.74 Å². The van der Waals surface area contributed by atoms with Gasteiger partial charge in [-0.2, -0.15) is 0 Å². The number of nitrogens with zero attached hydrogens (tertiary/aromatic N) is 4. The molecular formula is C17H29N5O3S. The Bertz CT molecular complexity index is 644. The highest BCUT2D eigenvalue weighted by Crippen LogP contribution is 2.18. The highest BCUT2D eigenvalue weighted by atomic mass is 32.2. The zero-order chi connectivity index (χ0) is 19.5. The van der Waals surface area contributed by atoms with Gasteiger partial charge < -0.3 is 19.3 Å². The number of hydrogen-bond acceptors (Lipinski definition) is 6. The number of hydrogen-bond donors (Lipinski definition) is 1. The number of amides is 1. The van der Waals surface area contributed by atoms with Crippen molar-refractivity contribution in [2.24, 2.45) is 0 Å². The van der Waals surface area contributed by atoms with Crippen LogP contribution in [0.15, 0.2) is 12.4 Å². The molecule has 9 heteroatoms. The van der Waals surface area contributed by atoms with Crippen LogP contribution in [-0.2, 0) is 15.7 Å². The van der Waals surface area contributed by atoms with Crippen molar-refractivity contribution in [2.45, 2.75) is 51.9 Å². The molecule has 146 valence electrons. The normalized spacial score (nSPS) is 17.0. The lowest BCUT2D eigenvalue weighted by molar-refractivity contribution is 0.0240. The van der Waals surface area contributed by atoms with Gasteiger partial charge in [0.05, 0.1) is 22.8 Å². The summed E-state index contributed by atoms with van der Waals surface area (Å²) in [5, 5.41) is 0. The Morgan fingerprint density at radius 1 is 1.08 bits per heavy atom. The maximum Gasteiger partial charge on any atom is 0.410 e. The number of rotatable bonds is 3. The summed E-state index contributed by atoms with van der Waals surface area (Å²) in [4.78, 5) is 24.5. The maximum atomic E-state index is 12.1. The van der Waals surface area contributed by atoms with Crippen LogP contribution in [0.3, 0.4) is 0 Å². The Hall–Kier alpha value is -1.90. The minimum absolute atomic E-state index is 0.290. The van der Waals surface area contributed by atoms with Crippen molar-refractivity contribution in [1.29, 1.82) is 0 Å². The van der Waals surface area contributed by atoms with Crippen LogP contribution in [-0.4, -0.2) is 61.7 Å². The number of carbonyl (C=O) groups excluding carboxylic acids is 1. The van der Waals surface area contributed by atoms with E-state index in [1.807, 2.05) is 46.4 Å². The molecule has 2 heterocycles. The lowest BCUT2D eigenvalue weighted by Crippen LogP contribution is -2.50. The zero-order valence-corrected chi connectivity index (χ0v) is 17.2. The molecule has 0 saturated carbocycles. The fraction of sp³-hybridized carbons (Fsp3) is 0.706. The highest BCUT2D eigenvalue weighted by molar-refractivity contribution is 7.87. The van der Waals surface area contributed by atoms with E-state index in [1.54, 1.807) is 17.3 Å². The smallest absolute Gasteiger partial charge is 0.410 e. The van der Waals surface area contributed by atoms with E-state index in [9.17, 15) is 9.00 Å². The molecule has 0 aromatic carbocycles. The van der Waals surface area contributed by atoms with E-state index in [1.165, 1.54) is 0 Å². The molecule has 0 aliphatic carbocycles. The van der Waals surface area contributed by atoms with Crippen molar-refractivity contribution in [3.05, 3.63) is 12.4 Å². The Kier molecular flexibility index (Phi) is 6.10. The van der Waals surface area contributed by atoms with Gasteiger partial charge in [-0.05, 0) is 41.5 Å². The Balaban J connectivity index is 1.90. The van der Waals surface area contributed by atoms with Crippen molar-refractivity contribution in [3.8, 4) is 0 Å². The molecule has 26 heavy (non-hydrogen) atoms. The average Bonchev–Trinajstić information content (AvgIpc) is 2.53. The summed E-state index contributed by atoms with van der Waals surface area (Å²) in [5.41, 5.74) is 0.127. The van der Waals surface area contributed by atoms with Crippen LogP contribution in [0.25, 0.3) is 0 Å². The number of ether oxygens (including phenoxy) is 1. The first-order valence-electron chi connectivity index (χ1n) is 8.69. The second-order valence-electron chi connectivity index (χ2n) is 8.21. The van der Waals surface area contributed by atoms with Gasteiger partial charge in [-0.15, -0.1) is 0 Å². The third-order valence-corrected chi connectivity index (χ3v) is 5.15. The first-order valence-corrected chi connectivity index (χ1v) is 9.84. The van der Waals surface area contributed by atoms with Crippen LogP contribution in [0, 0.1) is 0 Å². The molecule has 1 saturated heterocycles. The second-order valence-corrected chi connectivity index (χ2v) is 10.2. The van der Waals surface area contributed by atoms with E-state index in [0.29, 0.717) is 37.8 Å². The molecule has 1 amide bonds. The van der Waals surface area contributed by atoms with Crippen LogP contribution in [0.1, 0.15) is 41.5 Å². The number of aromatic nitrogens is 2. The maximum absolute atomic E-state index is 12.1. The fourth-order valence-electron chi connectivity index (χ4n) is 2.21. The molecule has 1 fully saturated rings. The van der Waals surface area contributed by atoms with E-state index < -0.39 is 16.6 Å². The minimum Gasteiger partial charge on any atom is -0.444 e. The molecule has 2 rings (SSSR count). The molecule has 1 aromatic heterocycles. The van der Waals surface area contributed by atoms with Gasteiger partial charge in [-0.3, -0.25) is 0 Å².